The van der Waals surface area contributed by atoms with Gasteiger partial charge in [0.2, 0.25) is 11.8 Å². The maximum atomic E-state index is 12.0. The lowest BCUT2D eigenvalue weighted by molar-refractivity contribution is -0.147. The summed E-state index contributed by atoms with van der Waals surface area (Å²) in [6.45, 7) is 3.46. The third-order valence-electron chi connectivity index (χ3n) is 3.85. The Bertz CT molecular complexity index is 313. The Labute approximate surface area is 108 Å². The van der Waals surface area contributed by atoms with Crippen LogP contribution in [0.3, 0.4) is 0 Å². The highest BCUT2D eigenvalue weighted by Gasteiger charge is 2.28. The summed E-state index contributed by atoms with van der Waals surface area (Å²) in [5.41, 5.74) is 5.71. The van der Waals surface area contributed by atoms with E-state index in [0.29, 0.717) is 19.4 Å². The highest BCUT2D eigenvalue weighted by atomic mass is 16.2. The summed E-state index contributed by atoms with van der Waals surface area (Å²) in [6.07, 6.45) is 5.27. The number of carbonyl (C=O) groups excluding carboxylic acids is 2. The molecular formula is C13H23N3O2. The van der Waals surface area contributed by atoms with E-state index in [1.165, 1.54) is 24.2 Å². The highest BCUT2D eigenvalue weighted by Crippen LogP contribution is 2.13. The van der Waals surface area contributed by atoms with E-state index in [4.69, 9.17) is 5.73 Å². The van der Waals surface area contributed by atoms with Crippen molar-refractivity contribution in [2.45, 2.75) is 44.6 Å². The fourth-order valence-corrected chi connectivity index (χ4v) is 2.69. The van der Waals surface area contributed by atoms with Crippen molar-refractivity contribution in [3.8, 4) is 0 Å². The van der Waals surface area contributed by atoms with Crippen molar-refractivity contribution in [2.75, 3.05) is 26.2 Å². The summed E-state index contributed by atoms with van der Waals surface area (Å²) < 4.78 is 0. The lowest BCUT2D eigenvalue weighted by Gasteiger charge is -2.30. The molecule has 0 bridgehead atoms. The van der Waals surface area contributed by atoms with Crippen LogP contribution in [0.25, 0.3) is 0 Å². The number of carbonyl (C=O) groups is 2. The molecule has 2 saturated heterocycles. The standard InChI is InChI=1S/C13H23N3O2/c14-11-4-9-16(13(18)10-11)12(17)5-8-15-6-2-1-3-7-15/h11H,1-10,14H2. The van der Waals surface area contributed by atoms with Crippen LogP contribution in [0.1, 0.15) is 38.5 Å². The molecule has 2 N–H and O–H groups in total. The number of nitrogens with two attached hydrogens (primary N) is 1. The summed E-state index contributed by atoms with van der Waals surface area (Å²) in [4.78, 5) is 27.4. The molecule has 1 atom stereocenters. The predicted molar refractivity (Wildman–Crippen MR) is 68.8 cm³/mol. The number of imide groups is 1. The first-order chi connectivity index (χ1) is 8.66. The predicted octanol–water partition coefficient (Wildman–Crippen LogP) is 0.339. The van der Waals surface area contributed by atoms with E-state index in [2.05, 4.69) is 4.90 Å². The zero-order chi connectivity index (χ0) is 13.0. The molecule has 0 saturated carbocycles. The lowest BCUT2D eigenvalue weighted by Crippen LogP contribution is -2.47. The zero-order valence-electron chi connectivity index (χ0n) is 10.9. The molecule has 2 heterocycles. The lowest BCUT2D eigenvalue weighted by atomic mass is 10.0. The van der Waals surface area contributed by atoms with Crippen LogP contribution >= 0.6 is 0 Å². The zero-order valence-corrected chi connectivity index (χ0v) is 10.9. The van der Waals surface area contributed by atoms with Gasteiger partial charge in [-0.05, 0) is 32.4 Å². The normalized spacial score (nSPS) is 26.4. The van der Waals surface area contributed by atoms with Gasteiger partial charge >= 0.3 is 0 Å². The Morgan fingerprint density at radius 2 is 1.94 bits per heavy atom. The van der Waals surface area contributed by atoms with Gasteiger partial charge in [-0.2, -0.15) is 0 Å². The maximum Gasteiger partial charge on any atom is 0.230 e. The molecule has 0 aromatic heterocycles. The molecule has 5 nitrogen and oxygen atoms in total. The van der Waals surface area contributed by atoms with Gasteiger partial charge in [0.05, 0.1) is 0 Å². The Balaban J connectivity index is 1.75. The summed E-state index contributed by atoms with van der Waals surface area (Å²) in [5.74, 6) is -0.130. The minimum Gasteiger partial charge on any atom is -0.327 e. The molecule has 2 fully saturated rings. The quantitative estimate of drug-likeness (QED) is 0.787. The number of hydrogen-bond acceptors (Lipinski definition) is 4. The van der Waals surface area contributed by atoms with E-state index < -0.39 is 0 Å². The van der Waals surface area contributed by atoms with Crippen molar-refractivity contribution in [2.24, 2.45) is 5.73 Å². The second-order valence-electron chi connectivity index (χ2n) is 5.34. The third kappa shape index (κ3) is 3.53. The van der Waals surface area contributed by atoms with Gasteiger partial charge in [-0.25, -0.2) is 0 Å². The first-order valence-electron chi connectivity index (χ1n) is 6.98. The second kappa shape index (κ2) is 6.29. The van der Waals surface area contributed by atoms with Crippen LogP contribution in [0.5, 0.6) is 0 Å². The number of hydrogen-bond donors (Lipinski definition) is 1. The van der Waals surface area contributed by atoms with Gasteiger partial charge in [-0.3, -0.25) is 14.5 Å². The van der Waals surface area contributed by atoms with Crippen LogP contribution in [-0.4, -0.2) is 53.8 Å². The van der Waals surface area contributed by atoms with E-state index >= 15 is 0 Å². The minimum atomic E-state index is -0.0996. The largest absolute Gasteiger partial charge is 0.327 e. The first-order valence-corrected chi connectivity index (χ1v) is 6.98. The maximum absolute atomic E-state index is 12.0. The molecule has 1 unspecified atom stereocenters. The third-order valence-corrected chi connectivity index (χ3v) is 3.85. The number of nitrogens with zero attached hydrogens (tertiary/aromatic N) is 2. The van der Waals surface area contributed by atoms with E-state index in [9.17, 15) is 9.59 Å². The summed E-state index contributed by atoms with van der Waals surface area (Å²) >= 11 is 0. The average molecular weight is 253 g/mol. The molecule has 102 valence electrons. The van der Waals surface area contributed by atoms with Gasteiger partial charge < -0.3 is 10.6 Å². The van der Waals surface area contributed by atoms with E-state index in [1.54, 1.807) is 0 Å². The Morgan fingerprint density at radius 1 is 1.22 bits per heavy atom. The number of amides is 2. The molecule has 2 rings (SSSR count). The van der Waals surface area contributed by atoms with Crippen molar-refractivity contribution >= 4 is 11.8 Å². The molecule has 0 radical (unpaired) electrons. The fraction of sp³-hybridized carbons (Fsp3) is 0.846. The van der Waals surface area contributed by atoms with Crippen LogP contribution in [-0.2, 0) is 9.59 Å². The first kappa shape index (κ1) is 13.5. The Hall–Kier alpha value is -0.940. The van der Waals surface area contributed by atoms with Crippen molar-refractivity contribution in [1.29, 1.82) is 0 Å². The Morgan fingerprint density at radius 3 is 2.61 bits per heavy atom. The number of piperidine rings is 2. The van der Waals surface area contributed by atoms with E-state index in [-0.39, 0.29) is 17.9 Å². The van der Waals surface area contributed by atoms with Gasteiger partial charge in [-0.1, -0.05) is 6.42 Å². The monoisotopic (exact) mass is 253 g/mol. The molecule has 0 spiro atoms. The molecule has 2 aliphatic rings. The number of likely N-dealkylation sites (tertiary alicyclic amines) is 2. The van der Waals surface area contributed by atoms with Crippen LogP contribution in [0.4, 0.5) is 0 Å². The molecule has 2 amide bonds. The molecule has 18 heavy (non-hydrogen) atoms. The van der Waals surface area contributed by atoms with E-state index in [1.807, 2.05) is 0 Å². The van der Waals surface area contributed by atoms with Crippen LogP contribution in [0.15, 0.2) is 0 Å². The summed E-state index contributed by atoms with van der Waals surface area (Å²) in [5, 5.41) is 0. The van der Waals surface area contributed by atoms with Crippen molar-refractivity contribution in [3.05, 3.63) is 0 Å². The van der Waals surface area contributed by atoms with Crippen molar-refractivity contribution < 1.29 is 9.59 Å². The van der Waals surface area contributed by atoms with Crippen LogP contribution in [0, 0.1) is 0 Å². The van der Waals surface area contributed by atoms with Gasteiger partial charge in [-0.15, -0.1) is 0 Å². The van der Waals surface area contributed by atoms with Gasteiger partial charge in [0.25, 0.3) is 0 Å². The molecule has 0 aromatic rings. The van der Waals surface area contributed by atoms with Crippen molar-refractivity contribution in [1.82, 2.24) is 9.80 Å². The minimum absolute atomic E-state index is 0.0301. The summed E-state index contributed by atoms with van der Waals surface area (Å²) in [7, 11) is 0. The topological polar surface area (TPSA) is 66.6 Å². The highest BCUT2D eigenvalue weighted by molar-refractivity contribution is 5.96. The van der Waals surface area contributed by atoms with E-state index in [0.717, 1.165) is 26.1 Å². The molecule has 5 heteroatoms. The van der Waals surface area contributed by atoms with Crippen molar-refractivity contribution in [3.63, 3.8) is 0 Å². The molecule has 0 aromatic carbocycles. The second-order valence-corrected chi connectivity index (χ2v) is 5.34. The van der Waals surface area contributed by atoms with Crippen LogP contribution in [0.2, 0.25) is 0 Å². The average Bonchev–Trinajstić information content (AvgIpc) is 2.37. The van der Waals surface area contributed by atoms with Gasteiger partial charge in [0, 0.05) is 32.0 Å². The van der Waals surface area contributed by atoms with Crippen LogP contribution < -0.4 is 5.73 Å². The molecule has 2 aliphatic heterocycles. The fourth-order valence-electron chi connectivity index (χ4n) is 2.69. The molecular weight excluding hydrogens is 230 g/mol. The molecule has 0 aliphatic carbocycles. The summed E-state index contributed by atoms with van der Waals surface area (Å²) in [6, 6.07) is -0.0661. The van der Waals surface area contributed by atoms with Gasteiger partial charge in [0.15, 0.2) is 0 Å². The SMILES string of the molecule is NC1CCN(C(=O)CCN2CCCCC2)C(=O)C1. The van der Waals surface area contributed by atoms with Gasteiger partial charge in [0.1, 0.15) is 0 Å². The smallest absolute Gasteiger partial charge is 0.230 e. The number of rotatable bonds is 3. The Kier molecular flexibility index (Phi) is 4.72.